The molecule has 0 saturated heterocycles. The Balaban J connectivity index is 1.52. The molecule has 2 atom stereocenters. The minimum Gasteiger partial charge on any atom is -0.497 e. The number of nitrogens with zero attached hydrogens (tertiary/aromatic N) is 2. The van der Waals surface area contributed by atoms with Gasteiger partial charge in [-0.1, -0.05) is 18.2 Å². The number of hydrogen-bond acceptors (Lipinski definition) is 6. The average Bonchev–Trinajstić information content (AvgIpc) is 3.44. The third-order valence-corrected chi connectivity index (χ3v) is 4.88. The summed E-state index contributed by atoms with van der Waals surface area (Å²) in [6.45, 7) is 0.708. The van der Waals surface area contributed by atoms with Gasteiger partial charge in [0.1, 0.15) is 11.9 Å². The van der Waals surface area contributed by atoms with Crippen LogP contribution in [0.2, 0.25) is 0 Å². The Labute approximate surface area is 169 Å². The molecule has 4 rings (SSSR count). The lowest BCUT2D eigenvalue weighted by atomic mass is 10.1. The maximum Gasteiger partial charge on any atom is 0.231 e. The number of hydrogen-bond donors (Lipinski definition) is 0. The zero-order valence-electron chi connectivity index (χ0n) is 16.5. The van der Waals surface area contributed by atoms with E-state index in [0.29, 0.717) is 13.0 Å². The predicted octanol–water partition coefficient (Wildman–Crippen LogP) is 3.59. The van der Waals surface area contributed by atoms with Gasteiger partial charge in [0.2, 0.25) is 6.79 Å². The lowest BCUT2D eigenvalue weighted by Gasteiger charge is -2.27. The molecular weight excluding hydrogens is 372 g/mol. The smallest absolute Gasteiger partial charge is 0.231 e. The van der Waals surface area contributed by atoms with Crippen molar-refractivity contribution in [3.05, 3.63) is 72.3 Å². The van der Waals surface area contributed by atoms with Gasteiger partial charge >= 0.3 is 0 Å². The molecule has 3 aromatic rings. The monoisotopic (exact) mass is 396 g/mol. The van der Waals surface area contributed by atoms with Gasteiger partial charge in [-0.2, -0.15) is 0 Å². The fourth-order valence-corrected chi connectivity index (χ4v) is 3.35. The molecule has 1 aromatic heterocycles. The van der Waals surface area contributed by atoms with Crippen molar-refractivity contribution in [3.63, 3.8) is 0 Å². The SMILES string of the molecule is COc1ccc(COC(Cc2ccc3c(c2)OCO3)C(OC)n2ccnc2)cc1. The summed E-state index contributed by atoms with van der Waals surface area (Å²) in [6.07, 6.45) is 5.42. The maximum atomic E-state index is 6.32. The summed E-state index contributed by atoms with van der Waals surface area (Å²) in [7, 11) is 3.33. The molecule has 0 N–H and O–H groups in total. The number of methoxy groups -OCH3 is 2. The molecule has 7 heteroatoms. The zero-order chi connectivity index (χ0) is 20.1. The van der Waals surface area contributed by atoms with E-state index < -0.39 is 0 Å². The predicted molar refractivity (Wildman–Crippen MR) is 106 cm³/mol. The fourth-order valence-electron chi connectivity index (χ4n) is 3.35. The second kappa shape index (κ2) is 8.98. The summed E-state index contributed by atoms with van der Waals surface area (Å²) < 4.78 is 30.1. The summed E-state index contributed by atoms with van der Waals surface area (Å²) in [5, 5.41) is 0. The molecule has 1 aliphatic rings. The number of ether oxygens (including phenoxy) is 5. The minimum atomic E-state index is -0.318. The highest BCUT2D eigenvalue weighted by atomic mass is 16.7. The van der Waals surface area contributed by atoms with E-state index in [2.05, 4.69) is 4.98 Å². The molecular formula is C22H24N2O5. The average molecular weight is 396 g/mol. The van der Waals surface area contributed by atoms with E-state index in [-0.39, 0.29) is 19.1 Å². The largest absolute Gasteiger partial charge is 0.497 e. The molecule has 0 fully saturated rings. The van der Waals surface area contributed by atoms with Crippen LogP contribution < -0.4 is 14.2 Å². The fraction of sp³-hybridized carbons (Fsp3) is 0.318. The molecule has 152 valence electrons. The van der Waals surface area contributed by atoms with Crippen LogP contribution in [0, 0.1) is 0 Å². The van der Waals surface area contributed by atoms with Gasteiger partial charge in [0.25, 0.3) is 0 Å². The van der Waals surface area contributed by atoms with Gasteiger partial charge in [0.15, 0.2) is 17.7 Å². The van der Waals surface area contributed by atoms with E-state index in [1.807, 2.05) is 53.2 Å². The van der Waals surface area contributed by atoms with Crippen LogP contribution in [0.4, 0.5) is 0 Å². The highest BCUT2D eigenvalue weighted by Gasteiger charge is 2.25. The van der Waals surface area contributed by atoms with Gasteiger partial charge in [-0.3, -0.25) is 0 Å². The summed E-state index contributed by atoms with van der Waals surface area (Å²) >= 11 is 0. The first-order chi connectivity index (χ1) is 14.3. The van der Waals surface area contributed by atoms with Crippen molar-refractivity contribution < 1.29 is 23.7 Å². The highest BCUT2D eigenvalue weighted by molar-refractivity contribution is 5.44. The normalized spacial score (nSPS) is 14.6. The van der Waals surface area contributed by atoms with Crippen molar-refractivity contribution in [2.75, 3.05) is 21.0 Å². The number of fused-ring (bicyclic) bond motifs is 1. The van der Waals surface area contributed by atoms with Crippen LogP contribution in [0.25, 0.3) is 0 Å². The van der Waals surface area contributed by atoms with Crippen molar-refractivity contribution >= 4 is 0 Å². The van der Waals surface area contributed by atoms with E-state index in [4.69, 9.17) is 23.7 Å². The van der Waals surface area contributed by atoms with Gasteiger partial charge in [-0.25, -0.2) is 4.98 Å². The number of aromatic nitrogens is 2. The lowest BCUT2D eigenvalue weighted by Crippen LogP contribution is -2.30. The first kappa shape index (κ1) is 19.3. The maximum absolute atomic E-state index is 6.32. The van der Waals surface area contributed by atoms with Gasteiger partial charge < -0.3 is 28.3 Å². The Hall–Kier alpha value is -3.03. The first-order valence-electron chi connectivity index (χ1n) is 9.40. The number of imidazole rings is 1. The van der Waals surface area contributed by atoms with Gasteiger partial charge in [0.05, 0.1) is 20.0 Å². The highest BCUT2D eigenvalue weighted by Crippen LogP contribution is 2.33. The van der Waals surface area contributed by atoms with Crippen molar-refractivity contribution in [3.8, 4) is 17.2 Å². The van der Waals surface area contributed by atoms with Crippen molar-refractivity contribution in [2.45, 2.75) is 25.4 Å². The first-order valence-corrected chi connectivity index (χ1v) is 9.40. The molecule has 2 heterocycles. The molecule has 0 spiro atoms. The van der Waals surface area contributed by atoms with Crippen molar-refractivity contribution in [1.82, 2.24) is 9.55 Å². The van der Waals surface area contributed by atoms with E-state index in [9.17, 15) is 0 Å². The summed E-state index contributed by atoms with van der Waals surface area (Å²) in [5.74, 6) is 2.34. The number of rotatable bonds is 9. The van der Waals surface area contributed by atoms with Crippen molar-refractivity contribution in [2.24, 2.45) is 0 Å². The van der Waals surface area contributed by atoms with E-state index in [1.165, 1.54) is 0 Å². The molecule has 29 heavy (non-hydrogen) atoms. The van der Waals surface area contributed by atoms with Gasteiger partial charge in [-0.05, 0) is 35.4 Å². The van der Waals surface area contributed by atoms with Crippen LogP contribution in [0.15, 0.2) is 61.2 Å². The summed E-state index contributed by atoms with van der Waals surface area (Å²) in [4.78, 5) is 4.14. The van der Waals surface area contributed by atoms with E-state index in [1.54, 1.807) is 26.7 Å². The van der Waals surface area contributed by atoms with Crippen molar-refractivity contribution in [1.29, 1.82) is 0 Å². The second-order valence-corrected chi connectivity index (χ2v) is 6.73. The number of benzene rings is 2. The Morgan fingerprint density at radius 2 is 1.83 bits per heavy atom. The molecule has 1 aliphatic heterocycles. The second-order valence-electron chi connectivity index (χ2n) is 6.73. The third kappa shape index (κ3) is 4.52. The Kier molecular flexibility index (Phi) is 5.97. The molecule has 2 aromatic carbocycles. The minimum absolute atomic E-state index is 0.239. The Bertz CT molecular complexity index is 911. The molecule has 0 amide bonds. The van der Waals surface area contributed by atoms with Crippen LogP contribution in [0.3, 0.4) is 0 Å². The standard InChI is InChI=1S/C22H24N2O5/c1-25-18-6-3-16(4-7-18)13-27-21(22(26-2)24-10-9-23-14-24)12-17-5-8-19-20(11-17)29-15-28-19/h3-11,14,21-22H,12-13,15H2,1-2H3. The summed E-state index contributed by atoms with van der Waals surface area (Å²) in [5.41, 5.74) is 2.14. The van der Waals surface area contributed by atoms with Gasteiger partial charge in [0, 0.05) is 25.9 Å². The molecule has 7 nitrogen and oxygen atoms in total. The molecule has 0 radical (unpaired) electrons. The Morgan fingerprint density at radius 3 is 2.55 bits per heavy atom. The quantitative estimate of drug-likeness (QED) is 0.551. The molecule has 0 saturated carbocycles. The van der Waals surface area contributed by atoms with Crippen LogP contribution in [0.1, 0.15) is 17.4 Å². The zero-order valence-corrected chi connectivity index (χ0v) is 16.5. The molecule has 2 unspecified atom stereocenters. The van der Waals surface area contributed by atoms with Crippen LogP contribution in [-0.2, 0) is 22.5 Å². The molecule has 0 aliphatic carbocycles. The topological polar surface area (TPSA) is 64.0 Å². The Morgan fingerprint density at radius 1 is 1.03 bits per heavy atom. The van der Waals surface area contributed by atoms with Crippen LogP contribution >= 0.6 is 0 Å². The van der Waals surface area contributed by atoms with E-state index >= 15 is 0 Å². The van der Waals surface area contributed by atoms with Gasteiger partial charge in [-0.15, -0.1) is 0 Å². The third-order valence-electron chi connectivity index (χ3n) is 4.88. The summed E-state index contributed by atoms with van der Waals surface area (Å²) in [6, 6.07) is 13.8. The van der Waals surface area contributed by atoms with Crippen LogP contribution in [0.5, 0.6) is 17.2 Å². The lowest BCUT2D eigenvalue weighted by molar-refractivity contribution is -0.0986. The van der Waals surface area contributed by atoms with E-state index in [0.717, 1.165) is 28.4 Å². The molecule has 0 bridgehead atoms. The van der Waals surface area contributed by atoms with Crippen LogP contribution in [-0.4, -0.2) is 36.7 Å².